The number of nitrogens with one attached hydrogen (secondary N) is 2. The Kier molecular flexibility index (Phi) is 8.24. The van der Waals surface area contributed by atoms with Gasteiger partial charge in [0, 0.05) is 62.8 Å². The molecule has 13 heteroatoms. The van der Waals surface area contributed by atoms with Gasteiger partial charge in [-0.3, -0.25) is 14.7 Å². The molecule has 2 saturated heterocycles. The molecule has 2 aromatic carbocycles. The molecule has 1 atom stereocenters. The molecule has 13 nitrogen and oxygen atoms in total. The number of anilines is 1. The maximum Gasteiger partial charge on any atom is 0.410 e. The molecule has 0 aliphatic carbocycles. The van der Waals surface area contributed by atoms with Gasteiger partial charge in [0.25, 0.3) is 11.8 Å². The number of amides is 5. The van der Waals surface area contributed by atoms with Crippen LogP contribution in [0.1, 0.15) is 59.3 Å². The first-order chi connectivity index (χ1) is 22.4. The van der Waals surface area contributed by atoms with Gasteiger partial charge in [0.1, 0.15) is 0 Å². The summed E-state index contributed by atoms with van der Waals surface area (Å²) in [5.41, 5.74) is 9.99. The lowest BCUT2D eigenvalue weighted by Crippen LogP contribution is -2.52. The van der Waals surface area contributed by atoms with Gasteiger partial charge >= 0.3 is 12.1 Å². The van der Waals surface area contributed by atoms with Gasteiger partial charge in [0.15, 0.2) is 11.8 Å². The van der Waals surface area contributed by atoms with Crippen LogP contribution in [-0.2, 0) is 29.0 Å². The van der Waals surface area contributed by atoms with Crippen molar-refractivity contribution in [2.24, 2.45) is 5.73 Å². The average Bonchev–Trinajstić information content (AvgIpc) is 3.46. The molecule has 0 bridgehead atoms. The summed E-state index contributed by atoms with van der Waals surface area (Å²) in [6.45, 7) is 4.81. The third-order valence-corrected chi connectivity index (χ3v) is 9.91. The molecular formula is C33H40N8O5. The van der Waals surface area contributed by atoms with Crippen molar-refractivity contribution in [2.45, 2.75) is 63.8 Å². The Hall–Kier alpha value is -4.65. The lowest BCUT2D eigenvalue weighted by atomic mass is 9.98. The van der Waals surface area contributed by atoms with Crippen LogP contribution in [0.3, 0.4) is 0 Å². The summed E-state index contributed by atoms with van der Waals surface area (Å²) in [5, 5.41) is 10.6. The Morgan fingerprint density at radius 1 is 0.935 bits per heavy atom. The van der Waals surface area contributed by atoms with Crippen LogP contribution in [0.15, 0.2) is 36.4 Å². The molecule has 2 fully saturated rings. The fourth-order valence-corrected chi connectivity index (χ4v) is 7.34. The van der Waals surface area contributed by atoms with E-state index in [9.17, 15) is 19.2 Å². The fraction of sp³-hybridized carbons (Fsp3) is 0.485. The molecule has 5 amide bonds. The van der Waals surface area contributed by atoms with Crippen LogP contribution in [0, 0.1) is 0 Å². The number of fused-ring (bicyclic) bond motifs is 4. The number of carbonyl (C=O) groups excluding carboxylic acids is 4. The van der Waals surface area contributed by atoms with Gasteiger partial charge in [-0.15, -0.1) is 0 Å². The number of nitrogens with two attached hydrogens (primary N) is 1. The molecule has 4 aliphatic heterocycles. The zero-order valence-electron chi connectivity index (χ0n) is 25.9. The fourth-order valence-electron chi connectivity index (χ4n) is 7.34. The van der Waals surface area contributed by atoms with E-state index in [4.69, 9.17) is 10.5 Å². The first-order valence-electron chi connectivity index (χ1n) is 16.3. The van der Waals surface area contributed by atoms with E-state index in [1.807, 2.05) is 41.3 Å². The van der Waals surface area contributed by atoms with E-state index < -0.39 is 18.1 Å². The molecule has 46 heavy (non-hydrogen) atoms. The number of rotatable bonds is 6. The number of primary amides is 1. The van der Waals surface area contributed by atoms with Crippen molar-refractivity contribution < 1.29 is 23.9 Å². The summed E-state index contributed by atoms with van der Waals surface area (Å²) < 4.78 is 6.00. The molecule has 7 rings (SSSR count). The summed E-state index contributed by atoms with van der Waals surface area (Å²) in [6, 6.07) is 11.4. The quantitative estimate of drug-likeness (QED) is 0.379. The van der Waals surface area contributed by atoms with Crippen molar-refractivity contribution in [3.63, 3.8) is 0 Å². The van der Waals surface area contributed by atoms with Gasteiger partial charge < -0.3 is 35.4 Å². The lowest BCUT2D eigenvalue weighted by Gasteiger charge is -2.40. The summed E-state index contributed by atoms with van der Waals surface area (Å²) in [6.07, 6.45) is 3.36. The molecule has 4 N–H and O–H groups in total. The number of urea groups is 1. The van der Waals surface area contributed by atoms with Crippen molar-refractivity contribution in [2.75, 3.05) is 44.6 Å². The topological polar surface area (TPSA) is 157 Å². The van der Waals surface area contributed by atoms with Crippen molar-refractivity contribution in [1.29, 1.82) is 0 Å². The number of likely N-dealkylation sites (tertiary alicyclic amines) is 2. The first kappa shape index (κ1) is 30.0. The highest BCUT2D eigenvalue weighted by molar-refractivity contribution is 6.05. The van der Waals surface area contributed by atoms with Crippen LogP contribution >= 0.6 is 0 Å². The number of H-pyrrole nitrogens is 1. The van der Waals surface area contributed by atoms with E-state index >= 15 is 0 Å². The highest BCUT2D eigenvalue weighted by Gasteiger charge is 2.37. The number of benzene rings is 2. The van der Waals surface area contributed by atoms with Crippen molar-refractivity contribution in [3.8, 4) is 0 Å². The van der Waals surface area contributed by atoms with Crippen LogP contribution in [-0.4, -0.2) is 105 Å². The summed E-state index contributed by atoms with van der Waals surface area (Å²) in [7, 11) is 0. The highest BCUT2D eigenvalue weighted by Crippen LogP contribution is 2.31. The van der Waals surface area contributed by atoms with Gasteiger partial charge in [-0.25, -0.2) is 9.59 Å². The van der Waals surface area contributed by atoms with Crippen LogP contribution in [0.5, 0.6) is 0 Å². The average molecular weight is 629 g/mol. The third-order valence-electron chi connectivity index (χ3n) is 9.91. The number of hydrogen-bond donors (Lipinski definition) is 3. The number of ether oxygens (including phenoxy) is 1. The van der Waals surface area contributed by atoms with E-state index in [0.717, 1.165) is 48.3 Å². The van der Waals surface area contributed by atoms with E-state index in [0.29, 0.717) is 56.5 Å². The standard InChI is InChI=1S/C33H40N8O5/c34-30(42)29-28-24-20-40(17-16-38-12-4-1-5-13-38)31(43)27(18-21(24)8-9-26(28)36-37-29)46-33(45)39-14-10-23(11-15-39)41-19-22-6-2-3-7-25(22)35-32(41)44/h2-3,6-9,23,27H,1,4-5,10-20H2,(H2,34,42)(H,35,44)(H,36,37). The van der Waals surface area contributed by atoms with Crippen LogP contribution < -0.4 is 11.1 Å². The second kappa shape index (κ2) is 12.6. The minimum absolute atomic E-state index is 0.00843. The summed E-state index contributed by atoms with van der Waals surface area (Å²) in [5.74, 6) is -0.898. The molecule has 1 unspecified atom stereocenters. The SMILES string of the molecule is NC(=O)c1n[nH]c2ccc3c(c12)CN(CCN1CCCCC1)C(=O)C(OC(=O)N1CCC(N2Cc4ccccc4NC2=O)CC1)C3. The maximum absolute atomic E-state index is 14.0. The number of nitrogens with zero attached hydrogens (tertiary/aromatic N) is 5. The number of aromatic amines is 1. The molecular weight excluding hydrogens is 588 g/mol. The Morgan fingerprint density at radius 3 is 2.50 bits per heavy atom. The maximum atomic E-state index is 14.0. The predicted molar refractivity (Wildman–Crippen MR) is 170 cm³/mol. The van der Waals surface area contributed by atoms with E-state index in [-0.39, 0.29) is 36.6 Å². The lowest BCUT2D eigenvalue weighted by molar-refractivity contribution is -0.141. The Morgan fingerprint density at radius 2 is 1.72 bits per heavy atom. The van der Waals surface area contributed by atoms with Gasteiger partial charge in [-0.1, -0.05) is 30.7 Å². The zero-order chi connectivity index (χ0) is 31.8. The second-order valence-corrected chi connectivity index (χ2v) is 12.7. The number of aromatic nitrogens is 2. The molecule has 4 aliphatic rings. The van der Waals surface area contributed by atoms with Crippen LogP contribution in [0.2, 0.25) is 0 Å². The minimum atomic E-state index is -1.02. The van der Waals surface area contributed by atoms with Crippen LogP contribution in [0.25, 0.3) is 10.9 Å². The molecule has 0 radical (unpaired) electrons. The van der Waals surface area contributed by atoms with Gasteiger partial charge in [0.05, 0.1) is 5.52 Å². The Labute approximate surface area is 267 Å². The molecule has 0 saturated carbocycles. The smallest absolute Gasteiger partial charge is 0.410 e. The molecule has 0 spiro atoms. The number of para-hydroxylation sites is 1. The third kappa shape index (κ3) is 5.86. The van der Waals surface area contributed by atoms with Crippen molar-refractivity contribution in [1.82, 2.24) is 29.8 Å². The molecule has 5 heterocycles. The minimum Gasteiger partial charge on any atom is -0.436 e. The van der Waals surface area contributed by atoms with Crippen molar-refractivity contribution >= 4 is 40.5 Å². The number of carbonyl (C=O) groups is 4. The number of piperidine rings is 2. The van der Waals surface area contributed by atoms with Crippen molar-refractivity contribution in [3.05, 3.63) is 58.8 Å². The molecule has 1 aromatic heterocycles. The van der Waals surface area contributed by atoms with Crippen LogP contribution in [0.4, 0.5) is 15.3 Å². The number of hydrogen-bond acceptors (Lipinski definition) is 7. The Balaban J connectivity index is 1.06. The van der Waals surface area contributed by atoms with Gasteiger partial charge in [0.2, 0.25) is 0 Å². The molecule has 3 aromatic rings. The van der Waals surface area contributed by atoms with Gasteiger partial charge in [-0.05, 0) is 67.6 Å². The Bertz CT molecular complexity index is 1660. The van der Waals surface area contributed by atoms with E-state index in [1.54, 1.807) is 9.80 Å². The first-order valence-corrected chi connectivity index (χ1v) is 16.3. The van der Waals surface area contributed by atoms with Gasteiger partial charge in [-0.2, -0.15) is 5.10 Å². The summed E-state index contributed by atoms with van der Waals surface area (Å²) in [4.78, 5) is 60.3. The predicted octanol–water partition coefficient (Wildman–Crippen LogP) is 3.05. The zero-order valence-corrected chi connectivity index (χ0v) is 25.9. The molecule has 242 valence electrons. The largest absolute Gasteiger partial charge is 0.436 e. The monoisotopic (exact) mass is 628 g/mol. The second-order valence-electron chi connectivity index (χ2n) is 12.7. The normalized spacial score (nSPS) is 21.0. The van der Waals surface area contributed by atoms with E-state index in [1.165, 1.54) is 6.42 Å². The summed E-state index contributed by atoms with van der Waals surface area (Å²) >= 11 is 0. The highest BCUT2D eigenvalue weighted by atomic mass is 16.6. The van der Waals surface area contributed by atoms with E-state index in [2.05, 4.69) is 20.4 Å².